The number of pyridine rings is 1. The van der Waals surface area contributed by atoms with Crippen LogP contribution in [-0.4, -0.2) is 30.6 Å². The zero-order valence-corrected chi connectivity index (χ0v) is 18.0. The van der Waals surface area contributed by atoms with E-state index < -0.39 is 0 Å². The first-order chi connectivity index (χ1) is 14.5. The summed E-state index contributed by atoms with van der Waals surface area (Å²) in [6.07, 6.45) is 4.19. The molecule has 4 rings (SSSR count). The molecule has 1 fully saturated rings. The Balaban J connectivity index is 2.01. The van der Waals surface area contributed by atoms with Crippen molar-refractivity contribution in [1.29, 1.82) is 0 Å². The van der Waals surface area contributed by atoms with Gasteiger partial charge in [0.15, 0.2) is 0 Å². The third-order valence-corrected chi connectivity index (χ3v) is 6.20. The summed E-state index contributed by atoms with van der Waals surface area (Å²) in [5.41, 5.74) is 3.69. The quantitative estimate of drug-likeness (QED) is 0.650. The highest BCUT2D eigenvalue weighted by Gasteiger charge is 2.29. The number of carbonyl (C=O) groups excluding carboxylic acids is 1. The molecule has 1 saturated heterocycles. The molecule has 0 aliphatic carbocycles. The van der Waals surface area contributed by atoms with E-state index in [1.54, 1.807) is 23.6 Å². The first kappa shape index (κ1) is 20.2. The summed E-state index contributed by atoms with van der Waals surface area (Å²) in [6, 6.07) is 15.6. The molecule has 0 radical (unpaired) electrons. The predicted molar refractivity (Wildman–Crippen MR) is 124 cm³/mol. The average molecular weight is 404 g/mol. The van der Waals surface area contributed by atoms with Gasteiger partial charge in [0, 0.05) is 38.3 Å². The molecule has 0 unspecified atom stereocenters. The van der Waals surface area contributed by atoms with E-state index in [0.29, 0.717) is 0 Å². The van der Waals surface area contributed by atoms with Gasteiger partial charge in [-0.2, -0.15) is 0 Å². The lowest BCUT2D eigenvalue weighted by atomic mass is 9.98. The first-order valence-electron chi connectivity index (χ1n) is 10.8. The fraction of sp³-hybridized carbons (Fsp3) is 0.360. The van der Waals surface area contributed by atoms with Gasteiger partial charge < -0.3 is 14.4 Å². The number of hydrogen-bond donors (Lipinski definition) is 0. The van der Waals surface area contributed by atoms with E-state index in [9.17, 15) is 9.59 Å². The van der Waals surface area contributed by atoms with Gasteiger partial charge in [-0.15, -0.1) is 0 Å². The fourth-order valence-corrected chi connectivity index (χ4v) is 4.50. The third kappa shape index (κ3) is 3.38. The number of rotatable bonds is 4. The number of amides is 1. The van der Waals surface area contributed by atoms with Crippen molar-refractivity contribution in [2.75, 3.05) is 29.9 Å². The van der Waals surface area contributed by atoms with Gasteiger partial charge in [0.05, 0.1) is 11.2 Å². The Morgan fingerprint density at radius 3 is 2.37 bits per heavy atom. The summed E-state index contributed by atoms with van der Waals surface area (Å²) in [5, 5.41) is 1.04. The summed E-state index contributed by atoms with van der Waals surface area (Å²) in [6.45, 7) is 3.86. The Morgan fingerprint density at radius 2 is 1.70 bits per heavy atom. The Bertz CT molecular complexity index is 1130. The molecule has 0 saturated carbocycles. The molecule has 0 spiro atoms. The molecule has 0 atom stereocenters. The number of nitrogens with zero attached hydrogens (tertiary/aromatic N) is 3. The largest absolute Gasteiger partial charge is 0.370 e. The van der Waals surface area contributed by atoms with Crippen LogP contribution in [0, 0.1) is 0 Å². The van der Waals surface area contributed by atoms with Gasteiger partial charge in [0.25, 0.3) is 11.5 Å². The number of carbonyl (C=O) groups is 1. The topological polar surface area (TPSA) is 45.6 Å². The SMILES string of the molecule is CCc1cccc2c1c(N1CCCCC1)c(C(=O)N(C)c1ccccc1)c(=O)n2C. The third-order valence-electron chi connectivity index (χ3n) is 6.20. The summed E-state index contributed by atoms with van der Waals surface area (Å²) in [4.78, 5) is 31.1. The molecule has 1 aromatic heterocycles. The molecule has 3 aromatic rings. The van der Waals surface area contributed by atoms with E-state index in [4.69, 9.17) is 0 Å². The first-order valence-corrected chi connectivity index (χ1v) is 10.8. The lowest BCUT2D eigenvalue weighted by Gasteiger charge is -2.33. The van der Waals surface area contributed by atoms with Crippen LogP contribution >= 0.6 is 0 Å². The van der Waals surface area contributed by atoms with Crippen molar-refractivity contribution in [3.05, 3.63) is 70.0 Å². The molecular weight excluding hydrogens is 374 g/mol. The standard InChI is InChI=1S/C25H29N3O2/c1-4-18-12-11-15-20-21(18)23(28-16-9-6-10-17-28)22(25(30)27(20)3)24(29)26(2)19-13-7-5-8-14-19/h5,7-8,11-15H,4,6,9-10,16-17H2,1-3H3. The molecule has 5 nitrogen and oxygen atoms in total. The maximum Gasteiger partial charge on any atom is 0.265 e. The number of fused-ring (bicyclic) bond motifs is 1. The minimum absolute atomic E-state index is 0.232. The number of aromatic nitrogens is 1. The van der Waals surface area contributed by atoms with E-state index in [1.807, 2.05) is 42.5 Å². The van der Waals surface area contributed by atoms with Gasteiger partial charge in [-0.05, 0) is 49.4 Å². The zero-order valence-electron chi connectivity index (χ0n) is 18.0. The fourth-order valence-electron chi connectivity index (χ4n) is 4.50. The molecule has 1 amide bonds. The number of aryl methyl sites for hydroxylation is 2. The van der Waals surface area contributed by atoms with Crippen molar-refractivity contribution in [1.82, 2.24) is 4.57 Å². The molecule has 1 aliphatic rings. The second-order valence-electron chi connectivity index (χ2n) is 8.00. The van der Waals surface area contributed by atoms with Crippen LogP contribution in [0.1, 0.15) is 42.1 Å². The average Bonchev–Trinajstić information content (AvgIpc) is 2.81. The van der Waals surface area contributed by atoms with E-state index in [0.717, 1.165) is 54.6 Å². The number of anilines is 2. The van der Waals surface area contributed by atoms with Gasteiger partial charge >= 0.3 is 0 Å². The van der Waals surface area contributed by atoms with Gasteiger partial charge in [0.2, 0.25) is 0 Å². The van der Waals surface area contributed by atoms with Crippen LogP contribution in [0.3, 0.4) is 0 Å². The van der Waals surface area contributed by atoms with Gasteiger partial charge in [0.1, 0.15) is 5.56 Å². The van der Waals surface area contributed by atoms with Crippen LogP contribution in [0.4, 0.5) is 11.4 Å². The lowest BCUT2D eigenvalue weighted by molar-refractivity contribution is 0.0991. The van der Waals surface area contributed by atoms with Crippen molar-refractivity contribution in [3.63, 3.8) is 0 Å². The Kier molecular flexibility index (Phi) is 5.62. The minimum atomic E-state index is -0.254. The normalized spacial score (nSPS) is 14.2. The second kappa shape index (κ2) is 8.34. The van der Waals surface area contributed by atoms with Crippen molar-refractivity contribution in [2.24, 2.45) is 7.05 Å². The molecule has 30 heavy (non-hydrogen) atoms. The summed E-state index contributed by atoms with van der Waals surface area (Å²) in [7, 11) is 3.51. The Hall–Kier alpha value is -3.08. The highest BCUT2D eigenvalue weighted by Crippen LogP contribution is 2.34. The minimum Gasteiger partial charge on any atom is -0.370 e. The predicted octanol–water partition coefficient (Wildman–Crippen LogP) is 4.37. The maximum absolute atomic E-state index is 13.7. The van der Waals surface area contributed by atoms with Crippen molar-refractivity contribution in [3.8, 4) is 0 Å². The van der Waals surface area contributed by atoms with Gasteiger partial charge in [-0.1, -0.05) is 37.3 Å². The van der Waals surface area contributed by atoms with E-state index >= 15 is 0 Å². The highest BCUT2D eigenvalue weighted by molar-refractivity contribution is 6.14. The van der Waals surface area contributed by atoms with Crippen LogP contribution < -0.4 is 15.4 Å². The molecule has 0 N–H and O–H groups in total. The van der Waals surface area contributed by atoms with Crippen molar-refractivity contribution >= 4 is 28.2 Å². The highest BCUT2D eigenvalue weighted by atomic mass is 16.2. The van der Waals surface area contributed by atoms with Gasteiger partial charge in [-0.3, -0.25) is 9.59 Å². The van der Waals surface area contributed by atoms with Crippen LogP contribution in [0.25, 0.3) is 10.9 Å². The van der Waals surface area contributed by atoms with E-state index in [2.05, 4.69) is 17.9 Å². The number of hydrogen-bond acceptors (Lipinski definition) is 3. The summed E-state index contributed by atoms with van der Waals surface area (Å²) in [5.74, 6) is -0.254. The molecule has 156 valence electrons. The molecule has 2 aromatic carbocycles. The molecule has 2 heterocycles. The lowest BCUT2D eigenvalue weighted by Crippen LogP contribution is -2.39. The van der Waals surface area contributed by atoms with E-state index in [1.165, 1.54) is 12.0 Å². The zero-order chi connectivity index (χ0) is 21.3. The van der Waals surface area contributed by atoms with E-state index in [-0.39, 0.29) is 17.0 Å². The Morgan fingerprint density at radius 1 is 1.00 bits per heavy atom. The molecule has 1 aliphatic heterocycles. The van der Waals surface area contributed by atoms with Crippen LogP contribution in [0.2, 0.25) is 0 Å². The molecule has 0 bridgehead atoms. The number of para-hydroxylation sites is 1. The summed E-state index contributed by atoms with van der Waals surface area (Å²) < 4.78 is 1.63. The monoisotopic (exact) mass is 403 g/mol. The van der Waals surface area contributed by atoms with Crippen molar-refractivity contribution < 1.29 is 4.79 Å². The number of piperidine rings is 1. The van der Waals surface area contributed by atoms with Crippen LogP contribution in [-0.2, 0) is 13.5 Å². The Labute approximate surface area is 177 Å². The van der Waals surface area contributed by atoms with Crippen LogP contribution in [0.5, 0.6) is 0 Å². The second-order valence-corrected chi connectivity index (χ2v) is 8.00. The maximum atomic E-state index is 13.7. The van der Waals surface area contributed by atoms with Crippen LogP contribution in [0.15, 0.2) is 53.3 Å². The summed E-state index contributed by atoms with van der Waals surface area (Å²) >= 11 is 0. The number of benzene rings is 2. The van der Waals surface area contributed by atoms with Gasteiger partial charge in [-0.25, -0.2) is 0 Å². The molecule has 5 heteroatoms. The smallest absolute Gasteiger partial charge is 0.265 e. The molecular formula is C25H29N3O2. The van der Waals surface area contributed by atoms with Crippen molar-refractivity contribution in [2.45, 2.75) is 32.6 Å².